The number of nitrogens with one attached hydrogen (secondary N) is 1. The zero-order chi connectivity index (χ0) is 9.84. The van der Waals surface area contributed by atoms with Crippen molar-refractivity contribution in [1.82, 2.24) is 0 Å². The summed E-state index contributed by atoms with van der Waals surface area (Å²) in [6.07, 6.45) is 0.589. The molecule has 74 valence electrons. The summed E-state index contributed by atoms with van der Waals surface area (Å²) in [4.78, 5) is 0. The van der Waals surface area contributed by atoms with Crippen LogP contribution < -0.4 is 5.32 Å². The van der Waals surface area contributed by atoms with Crippen LogP contribution >= 0.6 is 0 Å². The predicted molar refractivity (Wildman–Crippen MR) is 53.0 cm³/mol. The van der Waals surface area contributed by atoms with Gasteiger partial charge in [-0.25, -0.2) is 0 Å². The number of aliphatic hydroxyl groups is 1. The number of furan rings is 1. The lowest BCUT2D eigenvalue weighted by molar-refractivity contribution is 0.288. The topological polar surface area (TPSA) is 45.4 Å². The zero-order valence-corrected chi connectivity index (χ0v) is 8.42. The molecule has 0 fully saturated rings. The third-order valence-corrected chi connectivity index (χ3v) is 1.79. The first kappa shape index (κ1) is 10.1. The van der Waals surface area contributed by atoms with E-state index in [1.807, 2.05) is 13.0 Å². The molecular weight excluding hydrogens is 166 g/mol. The maximum absolute atomic E-state index is 8.75. The molecule has 0 amide bonds. The van der Waals surface area contributed by atoms with Gasteiger partial charge >= 0.3 is 0 Å². The second kappa shape index (κ2) is 4.33. The number of aryl methyl sites for hydroxylation is 1. The maximum Gasteiger partial charge on any atom is 0.193 e. The predicted octanol–water partition coefficient (Wildman–Crippen LogP) is 1.94. The molecule has 0 aromatic carbocycles. The molecule has 3 heteroatoms. The standard InChI is InChI=1S/C10H17NO2/c1-7(2)11-10-6-8(3)9(13-10)4-5-12/h6-7,11-12H,4-5H2,1-3H3. The van der Waals surface area contributed by atoms with E-state index in [1.54, 1.807) is 0 Å². The molecule has 0 aliphatic carbocycles. The molecule has 0 aliphatic heterocycles. The molecule has 0 unspecified atom stereocenters. The lowest BCUT2D eigenvalue weighted by Crippen LogP contribution is -2.08. The summed E-state index contributed by atoms with van der Waals surface area (Å²) in [7, 11) is 0. The van der Waals surface area contributed by atoms with Gasteiger partial charge in [-0.15, -0.1) is 0 Å². The zero-order valence-electron chi connectivity index (χ0n) is 8.42. The van der Waals surface area contributed by atoms with Gasteiger partial charge in [-0.2, -0.15) is 0 Å². The molecule has 1 heterocycles. The van der Waals surface area contributed by atoms with Gasteiger partial charge in [-0.1, -0.05) is 0 Å². The van der Waals surface area contributed by atoms with Crippen molar-refractivity contribution in [2.75, 3.05) is 11.9 Å². The SMILES string of the molecule is Cc1cc(NC(C)C)oc1CCO. The van der Waals surface area contributed by atoms with Crippen LogP contribution in [0.5, 0.6) is 0 Å². The number of hydrogen-bond donors (Lipinski definition) is 2. The van der Waals surface area contributed by atoms with Crippen molar-refractivity contribution in [3.63, 3.8) is 0 Å². The Balaban J connectivity index is 2.70. The van der Waals surface area contributed by atoms with E-state index in [9.17, 15) is 0 Å². The van der Waals surface area contributed by atoms with Gasteiger partial charge in [0.2, 0.25) is 0 Å². The second-order valence-corrected chi connectivity index (χ2v) is 3.49. The lowest BCUT2D eigenvalue weighted by Gasteiger charge is -2.04. The van der Waals surface area contributed by atoms with E-state index in [2.05, 4.69) is 19.2 Å². The van der Waals surface area contributed by atoms with Gasteiger partial charge in [-0.3, -0.25) is 0 Å². The molecule has 1 aromatic rings. The Morgan fingerprint density at radius 3 is 2.77 bits per heavy atom. The van der Waals surface area contributed by atoms with E-state index in [4.69, 9.17) is 9.52 Å². The van der Waals surface area contributed by atoms with Gasteiger partial charge in [0.25, 0.3) is 0 Å². The smallest absolute Gasteiger partial charge is 0.193 e. The van der Waals surface area contributed by atoms with Crippen LogP contribution in [0.1, 0.15) is 25.2 Å². The fourth-order valence-electron chi connectivity index (χ4n) is 1.23. The lowest BCUT2D eigenvalue weighted by atomic mass is 10.2. The molecule has 1 rings (SSSR count). The normalized spacial score (nSPS) is 10.8. The van der Waals surface area contributed by atoms with Crippen molar-refractivity contribution in [3.8, 4) is 0 Å². The van der Waals surface area contributed by atoms with Gasteiger partial charge in [-0.05, 0) is 26.3 Å². The summed E-state index contributed by atoms with van der Waals surface area (Å²) in [6.45, 7) is 6.24. The highest BCUT2D eigenvalue weighted by Crippen LogP contribution is 2.19. The van der Waals surface area contributed by atoms with Gasteiger partial charge in [0.05, 0.1) is 6.61 Å². The minimum absolute atomic E-state index is 0.134. The molecule has 0 saturated heterocycles. The van der Waals surface area contributed by atoms with Crippen molar-refractivity contribution in [3.05, 3.63) is 17.4 Å². The highest BCUT2D eigenvalue weighted by Gasteiger charge is 2.07. The van der Waals surface area contributed by atoms with Crippen LogP contribution in [0.25, 0.3) is 0 Å². The molecule has 0 aliphatic rings. The summed E-state index contributed by atoms with van der Waals surface area (Å²) in [5, 5.41) is 11.9. The average Bonchev–Trinajstić information content (AvgIpc) is 2.31. The first-order valence-electron chi connectivity index (χ1n) is 4.60. The highest BCUT2D eigenvalue weighted by atomic mass is 16.4. The van der Waals surface area contributed by atoms with E-state index in [1.165, 1.54) is 0 Å². The third kappa shape index (κ3) is 2.77. The summed E-state index contributed by atoms with van der Waals surface area (Å²) >= 11 is 0. The van der Waals surface area contributed by atoms with Crippen molar-refractivity contribution < 1.29 is 9.52 Å². The van der Waals surface area contributed by atoms with E-state index in [0.29, 0.717) is 12.5 Å². The summed E-state index contributed by atoms with van der Waals surface area (Å²) in [6, 6.07) is 2.33. The van der Waals surface area contributed by atoms with Crippen molar-refractivity contribution >= 4 is 5.88 Å². The van der Waals surface area contributed by atoms with E-state index < -0.39 is 0 Å². The molecule has 0 saturated carbocycles. The van der Waals surface area contributed by atoms with Crippen LogP contribution in [0.15, 0.2) is 10.5 Å². The Morgan fingerprint density at radius 2 is 2.23 bits per heavy atom. The first-order chi connectivity index (χ1) is 6.13. The van der Waals surface area contributed by atoms with Crippen LogP contribution in [0.4, 0.5) is 5.88 Å². The average molecular weight is 183 g/mol. The fourth-order valence-corrected chi connectivity index (χ4v) is 1.23. The monoisotopic (exact) mass is 183 g/mol. The minimum atomic E-state index is 0.134. The Bertz CT molecular complexity index is 266. The van der Waals surface area contributed by atoms with Gasteiger partial charge in [0, 0.05) is 18.5 Å². The second-order valence-electron chi connectivity index (χ2n) is 3.49. The van der Waals surface area contributed by atoms with Crippen LogP contribution in [0.2, 0.25) is 0 Å². The molecule has 2 N–H and O–H groups in total. The van der Waals surface area contributed by atoms with Gasteiger partial charge < -0.3 is 14.8 Å². The Kier molecular flexibility index (Phi) is 3.37. The summed E-state index contributed by atoms with van der Waals surface area (Å²) in [5.41, 5.74) is 1.09. The molecule has 1 aromatic heterocycles. The van der Waals surface area contributed by atoms with Crippen LogP contribution in [0, 0.1) is 6.92 Å². The highest BCUT2D eigenvalue weighted by molar-refractivity contribution is 5.38. The molecule has 0 radical (unpaired) electrons. The van der Waals surface area contributed by atoms with Crippen molar-refractivity contribution in [2.45, 2.75) is 33.2 Å². The number of aliphatic hydroxyl groups excluding tert-OH is 1. The maximum atomic E-state index is 8.75. The largest absolute Gasteiger partial charge is 0.445 e. The first-order valence-corrected chi connectivity index (χ1v) is 4.60. The molecular formula is C10H17NO2. The number of anilines is 1. The summed E-state index contributed by atoms with van der Waals surface area (Å²) < 4.78 is 5.49. The van der Waals surface area contributed by atoms with Crippen molar-refractivity contribution in [1.29, 1.82) is 0 Å². The minimum Gasteiger partial charge on any atom is -0.445 e. The Labute approximate surface area is 78.8 Å². The van der Waals surface area contributed by atoms with Crippen molar-refractivity contribution in [2.24, 2.45) is 0 Å². The van der Waals surface area contributed by atoms with Crippen LogP contribution in [-0.4, -0.2) is 17.8 Å². The Hall–Kier alpha value is -0.960. The van der Waals surface area contributed by atoms with Gasteiger partial charge in [0.1, 0.15) is 5.76 Å². The molecule has 3 nitrogen and oxygen atoms in total. The van der Waals surface area contributed by atoms with E-state index >= 15 is 0 Å². The quantitative estimate of drug-likeness (QED) is 0.749. The van der Waals surface area contributed by atoms with E-state index in [0.717, 1.165) is 17.2 Å². The number of hydrogen-bond acceptors (Lipinski definition) is 3. The molecule has 0 spiro atoms. The Morgan fingerprint density at radius 1 is 1.54 bits per heavy atom. The van der Waals surface area contributed by atoms with Crippen LogP contribution in [-0.2, 0) is 6.42 Å². The van der Waals surface area contributed by atoms with Gasteiger partial charge in [0.15, 0.2) is 5.88 Å². The summed E-state index contributed by atoms with van der Waals surface area (Å²) in [5.74, 6) is 1.65. The molecule has 0 atom stereocenters. The molecule has 0 bridgehead atoms. The van der Waals surface area contributed by atoms with Crippen LogP contribution in [0.3, 0.4) is 0 Å². The number of rotatable bonds is 4. The van der Waals surface area contributed by atoms with E-state index in [-0.39, 0.29) is 6.61 Å². The fraction of sp³-hybridized carbons (Fsp3) is 0.600. The third-order valence-electron chi connectivity index (χ3n) is 1.79. The molecule has 13 heavy (non-hydrogen) atoms.